The summed E-state index contributed by atoms with van der Waals surface area (Å²) in [6.07, 6.45) is 4.73. The van der Waals surface area contributed by atoms with Gasteiger partial charge in [-0.05, 0) is 57.7 Å². The maximum atomic E-state index is 13.0. The second-order valence-electron chi connectivity index (χ2n) is 7.53. The number of nitrogens with one attached hydrogen (secondary N) is 1. The molecule has 0 unspecified atom stereocenters. The van der Waals surface area contributed by atoms with E-state index in [0.29, 0.717) is 29.4 Å². The Morgan fingerprint density at radius 2 is 1.84 bits per heavy atom. The molecule has 2 heterocycles. The molecule has 2 aliphatic heterocycles. The van der Waals surface area contributed by atoms with Crippen LogP contribution in [0.2, 0.25) is 0 Å². The third-order valence-electron chi connectivity index (χ3n) is 5.56. The summed E-state index contributed by atoms with van der Waals surface area (Å²) in [6, 6.07) is 8.92. The number of rotatable bonds is 3. The smallest absolute Gasteiger partial charge is 0.253 e. The van der Waals surface area contributed by atoms with Gasteiger partial charge in [0.05, 0.1) is 0 Å². The van der Waals surface area contributed by atoms with Crippen LogP contribution in [0.15, 0.2) is 24.3 Å². The topological polar surface area (TPSA) is 52.7 Å². The molecule has 1 N–H and O–H groups in total. The summed E-state index contributed by atoms with van der Waals surface area (Å²) in [7, 11) is 0. The molecule has 0 bridgehead atoms. The summed E-state index contributed by atoms with van der Waals surface area (Å²) in [4.78, 5) is 28.8. The highest BCUT2D eigenvalue weighted by Gasteiger charge is 2.36. The first-order valence-corrected chi connectivity index (χ1v) is 9.40. The van der Waals surface area contributed by atoms with Crippen LogP contribution in [-0.2, 0) is 4.79 Å². The fourth-order valence-electron chi connectivity index (χ4n) is 4.43. The lowest BCUT2D eigenvalue weighted by molar-refractivity contribution is -0.114. The minimum Gasteiger partial charge on any atom is -0.337 e. The summed E-state index contributed by atoms with van der Waals surface area (Å²) < 4.78 is 0. The zero-order valence-corrected chi connectivity index (χ0v) is 15.5. The first-order chi connectivity index (χ1) is 12.0. The van der Waals surface area contributed by atoms with E-state index in [0.717, 1.165) is 19.5 Å². The molecular formula is C20H29N3O2. The minimum absolute atomic E-state index is 0.0661. The number of amides is 2. The summed E-state index contributed by atoms with van der Waals surface area (Å²) in [5, 5.41) is 2.75. The standard InChI is InChI=1S/C20H29N3O2/c1-14-9-10-15(2)23(14)19-8-5-11-22(13-19)20(25)17-6-4-7-18(12-17)21-16(3)24/h4,6-7,12,14-15,19H,5,8-11,13H2,1-3H3,(H,21,24)/t14-,15-,19+/m1/s1. The molecule has 2 amide bonds. The molecule has 0 radical (unpaired) electrons. The molecular weight excluding hydrogens is 314 g/mol. The van der Waals surface area contributed by atoms with Crippen molar-refractivity contribution >= 4 is 17.5 Å². The molecule has 0 aromatic heterocycles. The molecule has 5 heteroatoms. The van der Waals surface area contributed by atoms with Gasteiger partial charge in [-0.2, -0.15) is 0 Å². The highest BCUT2D eigenvalue weighted by atomic mass is 16.2. The summed E-state index contributed by atoms with van der Waals surface area (Å²) in [5.41, 5.74) is 1.32. The molecule has 1 aromatic carbocycles. The van der Waals surface area contributed by atoms with Gasteiger partial charge in [-0.1, -0.05) is 6.07 Å². The first-order valence-electron chi connectivity index (χ1n) is 9.40. The predicted molar refractivity (Wildman–Crippen MR) is 99.7 cm³/mol. The average molecular weight is 343 g/mol. The van der Waals surface area contributed by atoms with Crippen LogP contribution in [0.25, 0.3) is 0 Å². The Morgan fingerprint density at radius 1 is 1.12 bits per heavy atom. The van der Waals surface area contributed by atoms with Crippen LogP contribution >= 0.6 is 0 Å². The van der Waals surface area contributed by atoms with Crippen molar-refractivity contribution < 1.29 is 9.59 Å². The highest BCUT2D eigenvalue weighted by molar-refractivity contribution is 5.96. The van der Waals surface area contributed by atoms with Gasteiger partial charge in [0.1, 0.15) is 0 Å². The van der Waals surface area contributed by atoms with E-state index in [1.165, 1.54) is 26.2 Å². The molecule has 0 spiro atoms. The number of likely N-dealkylation sites (tertiary alicyclic amines) is 2. The van der Waals surface area contributed by atoms with Gasteiger partial charge in [0.2, 0.25) is 5.91 Å². The van der Waals surface area contributed by atoms with Gasteiger partial charge < -0.3 is 10.2 Å². The zero-order chi connectivity index (χ0) is 18.0. The van der Waals surface area contributed by atoms with Crippen molar-refractivity contribution in [3.8, 4) is 0 Å². The predicted octanol–water partition coefficient (Wildman–Crippen LogP) is 3.12. The van der Waals surface area contributed by atoms with Gasteiger partial charge >= 0.3 is 0 Å². The lowest BCUT2D eigenvalue weighted by Crippen LogP contribution is -2.52. The summed E-state index contributed by atoms with van der Waals surface area (Å²) in [6.45, 7) is 7.71. The largest absolute Gasteiger partial charge is 0.337 e. The van der Waals surface area contributed by atoms with Crippen LogP contribution in [0, 0.1) is 0 Å². The van der Waals surface area contributed by atoms with Crippen molar-refractivity contribution in [2.45, 2.75) is 64.6 Å². The van der Waals surface area contributed by atoms with Crippen molar-refractivity contribution in [3.05, 3.63) is 29.8 Å². The van der Waals surface area contributed by atoms with Crippen molar-refractivity contribution in [1.82, 2.24) is 9.80 Å². The Kier molecular flexibility index (Phi) is 5.42. The fourth-order valence-corrected chi connectivity index (χ4v) is 4.43. The van der Waals surface area contributed by atoms with E-state index in [4.69, 9.17) is 0 Å². The van der Waals surface area contributed by atoms with E-state index in [-0.39, 0.29) is 11.8 Å². The molecule has 136 valence electrons. The van der Waals surface area contributed by atoms with Gasteiger partial charge in [0, 0.05) is 49.4 Å². The van der Waals surface area contributed by atoms with Crippen molar-refractivity contribution in [3.63, 3.8) is 0 Å². The van der Waals surface area contributed by atoms with E-state index in [9.17, 15) is 9.59 Å². The normalized spacial score (nSPS) is 27.3. The zero-order valence-electron chi connectivity index (χ0n) is 15.5. The van der Waals surface area contributed by atoms with Gasteiger partial charge in [0.15, 0.2) is 0 Å². The Labute approximate surface area is 150 Å². The van der Waals surface area contributed by atoms with E-state index in [2.05, 4.69) is 24.1 Å². The molecule has 2 saturated heterocycles. The van der Waals surface area contributed by atoms with E-state index >= 15 is 0 Å². The Balaban J connectivity index is 1.71. The molecule has 5 nitrogen and oxygen atoms in total. The third-order valence-corrected chi connectivity index (χ3v) is 5.56. The van der Waals surface area contributed by atoms with Crippen LogP contribution in [0.5, 0.6) is 0 Å². The maximum absolute atomic E-state index is 13.0. The van der Waals surface area contributed by atoms with E-state index in [1.807, 2.05) is 23.1 Å². The van der Waals surface area contributed by atoms with Crippen molar-refractivity contribution in [1.29, 1.82) is 0 Å². The number of hydrogen-bond acceptors (Lipinski definition) is 3. The molecule has 0 saturated carbocycles. The summed E-state index contributed by atoms with van der Waals surface area (Å²) in [5.74, 6) is -0.0592. The molecule has 0 aliphatic carbocycles. The molecule has 25 heavy (non-hydrogen) atoms. The Bertz CT molecular complexity index is 636. The maximum Gasteiger partial charge on any atom is 0.253 e. The van der Waals surface area contributed by atoms with Gasteiger partial charge in [-0.25, -0.2) is 0 Å². The molecule has 1 aromatic rings. The Morgan fingerprint density at radius 3 is 2.52 bits per heavy atom. The second-order valence-corrected chi connectivity index (χ2v) is 7.53. The molecule has 2 fully saturated rings. The van der Waals surface area contributed by atoms with Crippen molar-refractivity contribution in [2.24, 2.45) is 0 Å². The number of hydrogen-bond donors (Lipinski definition) is 1. The molecule has 3 atom stereocenters. The monoisotopic (exact) mass is 343 g/mol. The highest BCUT2D eigenvalue weighted by Crippen LogP contribution is 2.30. The van der Waals surface area contributed by atoms with Crippen LogP contribution < -0.4 is 5.32 Å². The number of carbonyl (C=O) groups is 2. The number of carbonyl (C=O) groups excluding carboxylic acids is 2. The number of piperidine rings is 1. The lowest BCUT2D eigenvalue weighted by atomic mass is 10.0. The van der Waals surface area contributed by atoms with Crippen LogP contribution in [0.1, 0.15) is 56.8 Å². The van der Waals surface area contributed by atoms with Gasteiger partial charge in [-0.3, -0.25) is 14.5 Å². The second kappa shape index (κ2) is 7.56. The number of anilines is 1. The van der Waals surface area contributed by atoms with Gasteiger partial charge in [0.25, 0.3) is 5.91 Å². The number of benzene rings is 1. The third kappa shape index (κ3) is 4.03. The van der Waals surface area contributed by atoms with Crippen LogP contribution in [0.4, 0.5) is 5.69 Å². The lowest BCUT2D eigenvalue weighted by Gasteiger charge is -2.41. The minimum atomic E-state index is -0.125. The quantitative estimate of drug-likeness (QED) is 0.917. The SMILES string of the molecule is CC(=O)Nc1cccc(C(=O)N2CCC[C@H](N3[C@H](C)CC[C@H]3C)C2)c1. The van der Waals surface area contributed by atoms with Crippen LogP contribution in [0.3, 0.4) is 0 Å². The van der Waals surface area contributed by atoms with E-state index < -0.39 is 0 Å². The molecule has 2 aliphatic rings. The van der Waals surface area contributed by atoms with Gasteiger partial charge in [-0.15, -0.1) is 0 Å². The first kappa shape index (κ1) is 17.9. The van der Waals surface area contributed by atoms with E-state index in [1.54, 1.807) is 6.07 Å². The number of nitrogens with zero attached hydrogens (tertiary/aromatic N) is 2. The van der Waals surface area contributed by atoms with Crippen LogP contribution in [-0.4, -0.2) is 52.8 Å². The summed E-state index contributed by atoms with van der Waals surface area (Å²) >= 11 is 0. The Hall–Kier alpha value is -1.88. The van der Waals surface area contributed by atoms with Crippen molar-refractivity contribution in [2.75, 3.05) is 18.4 Å². The average Bonchev–Trinajstić information content (AvgIpc) is 2.92. The fraction of sp³-hybridized carbons (Fsp3) is 0.600. The molecule has 3 rings (SSSR count).